The molecule has 1 aromatic rings. The van der Waals surface area contributed by atoms with Crippen LogP contribution in [0.3, 0.4) is 0 Å². The van der Waals surface area contributed by atoms with Crippen LogP contribution in [0.4, 0.5) is 0 Å². The second kappa shape index (κ2) is 4.05. The maximum atomic E-state index is 4.80. The molecule has 1 aliphatic rings. The van der Waals surface area contributed by atoms with Crippen molar-refractivity contribution in [2.45, 2.75) is 84.8 Å². The topological polar surface area (TPSA) is 16.1 Å². The third kappa shape index (κ3) is 1.74. The van der Waals surface area contributed by atoms with E-state index in [0.717, 1.165) is 0 Å². The van der Waals surface area contributed by atoms with Crippen molar-refractivity contribution in [2.75, 3.05) is 0 Å². The molecule has 2 rings (SSSR count). The first-order valence-corrected chi connectivity index (χ1v) is 7.99. The summed E-state index contributed by atoms with van der Waals surface area (Å²) in [7, 11) is 0. The van der Waals surface area contributed by atoms with Gasteiger partial charge in [0.25, 0.3) is 0 Å². The lowest BCUT2D eigenvalue weighted by atomic mass is 9.61. The van der Waals surface area contributed by atoms with Gasteiger partial charge < -0.3 is 0 Å². The predicted octanol–water partition coefficient (Wildman–Crippen LogP) is 4.47. The molecule has 0 fully saturated rings. The Labute approximate surface area is 122 Å². The van der Waals surface area contributed by atoms with Crippen molar-refractivity contribution >= 4 is 11.5 Å². The molecule has 1 aromatic heterocycles. The van der Waals surface area contributed by atoms with Crippen LogP contribution < -0.4 is 0 Å². The van der Waals surface area contributed by atoms with Crippen LogP contribution in [0.2, 0.25) is 0 Å². The van der Waals surface area contributed by atoms with Crippen LogP contribution in [0.1, 0.15) is 71.5 Å². The fourth-order valence-electron chi connectivity index (χ4n) is 4.24. The zero-order valence-corrected chi connectivity index (χ0v) is 14.7. The lowest BCUT2D eigenvalue weighted by Crippen LogP contribution is -2.67. The van der Waals surface area contributed by atoms with E-state index in [1.807, 2.05) is 0 Å². The van der Waals surface area contributed by atoms with Gasteiger partial charge in [0, 0.05) is 21.9 Å². The van der Waals surface area contributed by atoms with E-state index in [-0.39, 0.29) is 16.5 Å². The molecule has 0 radical (unpaired) electrons. The third-order valence-electron chi connectivity index (χ3n) is 5.32. The summed E-state index contributed by atoms with van der Waals surface area (Å²) in [5.74, 6) is 0. The summed E-state index contributed by atoms with van der Waals surface area (Å²) in [6.07, 6.45) is 0. The number of fused-ring (bicyclic) bond motifs is 1. The fourth-order valence-corrected chi connectivity index (χ4v) is 5.22. The Bertz CT molecular complexity index is 495. The minimum atomic E-state index is -0.00667. The zero-order chi connectivity index (χ0) is 14.8. The van der Waals surface area contributed by atoms with Crippen LogP contribution in [0.5, 0.6) is 0 Å². The van der Waals surface area contributed by atoms with E-state index in [4.69, 9.17) is 4.37 Å². The monoisotopic (exact) mass is 280 g/mol. The smallest absolute Gasteiger partial charge is 0.0780 e. The van der Waals surface area contributed by atoms with Gasteiger partial charge in [-0.25, -0.2) is 0 Å². The lowest BCUT2D eigenvalue weighted by molar-refractivity contribution is -0.0710. The Hall–Kier alpha value is -0.410. The van der Waals surface area contributed by atoms with Gasteiger partial charge in [-0.2, -0.15) is 4.37 Å². The number of hydrogen-bond acceptors (Lipinski definition) is 3. The average Bonchev–Trinajstić information content (AvgIpc) is 2.57. The van der Waals surface area contributed by atoms with E-state index in [1.165, 1.54) is 16.1 Å². The molecule has 3 heteroatoms. The SMILES string of the molecule is Cc1snc2c1C(C)(C)C(C)(C)N(C(C)C)C2(C)C. The number of aryl methyl sites for hydroxylation is 1. The maximum absolute atomic E-state index is 4.80. The Morgan fingerprint density at radius 2 is 1.58 bits per heavy atom. The van der Waals surface area contributed by atoms with Crippen LogP contribution in [0.15, 0.2) is 0 Å². The number of nitrogens with zero attached hydrogens (tertiary/aromatic N) is 2. The highest BCUT2D eigenvalue weighted by molar-refractivity contribution is 7.05. The van der Waals surface area contributed by atoms with Gasteiger partial charge in [-0.1, -0.05) is 13.8 Å². The molecule has 0 N–H and O–H groups in total. The molecule has 0 unspecified atom stereocenters. The quantitative estimate of drug-likeness (QED) is 0.754. The summed E-state index contributed by atoms with van der Waals surface area (Å²) in [6.45, 7) is 21.0. The van der Waals surface area contributed by atoms with E-state index >= 15 is 0 Å². The average molecular weight is 280 g/mol. The summed E-state index contributed by atoms with van der Waals surface area (Å²) in [6, 6.07) is 0.499. The van der Waals surface area contributed by atoms with Crippen LogP contribution in [-0.4, -0.2) is 20.9 Å². The Kier molecular flexibility index (Phi) is 3.19. The first-order chi connectivity index (χ1) is 8.45. The molecule has 2 heterocycles. The minimum Gasteiger partial charge on any atom is -0.284 e. The minimum absolute atomic E-state index is 0.00667. The first kappa shape index (κ1) is 15.0. The van der Waals surface area contributed by atoms with Gasteiger partial charge in [0.05, 0.1) is 11.2 Å². The van der Waals surface area contributed by atoms with Crippen molar-refractivity contribution < 1.29 is 0 Å². The molecule has 108 valence electrons. The molecule has 1 aliphatic heterocycles. The van der Waals surface area contributed by atoms with Crippen molar-refractivity contribution in [1.29, 1.82) is 0 Å². The normalized spacial score (nSPS) is 24.5. The van der Waals surface area contributed by atoms with E-state index in [1.54, 1.807) is 11.5 Å². The van der Waals surface area contributed by atoms with Crippen molar-refractivity contribution in [1.82, 2.24) is 9.27 Å². The molecule has 0 aliphatic carbocycles. The molecular weight excluding hydrogens is 252 g/mol. The second-order valence-electron chi connectivity index (χ2n) is 7.67. The van der Waals surface area contributed by atoms with Crippen LogP contribution in [0, 0.1) is 6.92 Å². The molecule has 0 saturated carbocycles. The van der Waals surface area contributed by atoms with Crippen molar-refractivity contribution in [3.8, 4) is 0 Å². The summed E-state index contributed by atoms with van der Waals surface area (Å²) in [5.41, 5.74) is 2.97. The van der Waals surface area contributed by atoms with Crippen molar-refractivity contribution in [3.05, 3.63) is 16.1 Å². The molecule has 0 amide bonds. The molecule has 0 atom stereocenters. The van der Waals surface area contributed by atoms with Gasteiger partial charge in [0.1, 0.15) is 0 Å². The Morgan fingerprint density at radius 1 is 1.05 bits per heavy atom. The third-order valence-corrected chi connectivity index (χ3v) is 6.07. The van der Waals surface area contributed by atoms with E-state index in [9.17, 15) is 0 Å². The summed E-state index contributed by atoms with van der Waals surface area (Å²) < 4.78 is 4.80. The predicted molar refractivity (Wildman–Crippen MR) is 84.0 cm³/mol. The highest BCUT2D eigenvalue weighted by Gasteiger charge is 2.56. The number of hydrogen-bond donors (Lipinski definition) is 0. The van der Waals surface area contributed by atoms with Crippen molar-refractivity contribution in [3.63, 3.8) is 0 Å². The Morgan fingerprint density at radius 3 is 2.05 bits per heavy atom. The van der Waals surface area contributed by atoms with E-state index in [0.29, 0.717) is 6.04 Å². The van der Waals surface area contributed by atoms with E-state index < -0.39 is 0 Å². The van der Waals surface area contributed by atoms with Crippen LogP contribution in [0.25, 0.3) is 0 Å². The van der Waals surface area contributed by atoms with Gasteiger partial charge in [0.15, 0.2) is 0 Å². The van der Waals surface area contributed by atoms with Gasteiger partial charge in [-0.3, -0.25) is 4.90 Å². The fraction of sp³-hybridized carbons (Fsp3) is 0.812. The van der Waals surface area contributed by atoms with Gasteiger partial charge >= 0.3 is 0 Å². The molecule has 0 aromatic carbocycles. The molecule has 0 saturated heterocycles. The molecule has 19 heavy (non-hydrogen) atoms. The summed E-state index contributed by atoms with van der Waals surface area (Å²) in [4.78, 5) is 4.02. The van der Waals surface area contributed by atoms with Gasteiger partial charge in [-0.15, -0.1) is 0 Å². The molecule has 0 spiro atoms. The highest BCUT2D eigenvalue weighted by atomic mass is 32.1. The van der Waals surface area contributed by atoms with E-state index in [2.05, 4.69) is 67.2 Å². The summed E-state index contributed by atoms with van der Waals surface area (Å²) >= 11 is 1.66. The molecular formula is C16H28N2S. The molecule has 0 bridgehead atoms. The van der Waals surface area contributed by atoms with Crippen LogP contribution >= 0.6 is 11.5 Å². The number of aromatic nitrogens is 1. The zero-order valence-electron chi connectivity index (χ0n) is 13.9. The standard InChI is InChI=1S/C16H28N2S/c1-10(2)18-15(6,7)13-12(11(3)19-17-13)14(4,5)16(18,8)9/h10H,1-9H3. The first-order valence-electron chi connectivity index (χ1n) is 7.22. The molecule has 2 nitrogen and oxygen atoms in total. The maximum Gasteiger partial charge on any atom is 0.0780 e. The lowest BCUT2D eigenvalue weighted by Gasteiger charge is -2.61. The van der Waals surface area contributed by atoms with Crippen LogP contribution in [-0.2, 0) is 11.0 Å². The summed E-state index contributed by atoms with van der Waals surface area (Å²) in [5, 5.41) is 0. The van der Waals surface area contributed by atoms with Crippen molar-refractivity contribution in [2.24, 2.45) is 0 Å². The second-order valence-corrected chi connectivity index (χ2v) is 8.65. The Balaban J connectivity index is 2.80. The largest absolute Gasteiger partial charge is 0.284 e. The number of rotatable bonds is 1. The highest BCUT2D eigenvalue weighted by Crippen LogP contribution is 2.54. The van der Waals surface area contributed by atoms with Gasteiger partial charge in [-0.05, 0) is 65.6 Å². The van der Waals surface area contributed by atoms with Gasteiger partial charge in [0.2, 0.25) is 0 Å².